The summed E-state index contributed by atoms with van der Waals surface area (Å²) in [5, 5.41) is 4.74. The van der Waals surface area contributed by atoms with Crippen molar-refractivity contribution in [3.05, 3.63) is 42.2 Å². The summed E-state index contributed by atoms with van der Waals surface area (Å²) >= 11 is 14.5. The Kier molecular flexibility index (Phi) is 5.46. The molecular formula is C13H10Cl2N2OS2. The maximum atomic E-state index is 12.0. The molecule has 0 radical (unpaired) electrons. The van der Waals surface area contributed by atoms with Crippen LogP contribution >= 0.6 is 45.9 Å². The molecule has 1 amide bonds. The molecule has 0 atom stereocenters. The molecule has 104 valence electrons. The first-order valence-corrected chi connectivity index (χ1v) is 8.05. The lowest BCUT2D eigenvalue weighted by Gasteiger charge is -2.03. The van der Waals surface area contributed by atoms with Crippen molar-refractivity contribution < 1.29 is 4.79 Å². The highest BCUT2D eigenvalue weighted by Gasteiger charge is 2.14. The zero-order valence-corrected chi connectivity index (χ0v) is 13.3. The molecule has 2 aromatic rings. The van der Waals surface area contributed by atoms with E-state index in [-0.39, 0.29) is 5.91 Å². The standard InChI is InChI=1S/C13H10Cl2N2OS2/c14-11-6-9(12(15)20-11)13(18)17-7-10-8(2-1-4-16)3-5-19-10/h3,5-6H,4,7,16H2,(H,17,18). The molecule has 2 rings (SSSR count). The Hall–Kier alpha value is -1.03. The smallest absolute Gasteiger partial charge is 0.254 e. The molecule has 0 aliphatic carbocycles. The summed E-state index contributed by atoms with van der Waals surface area (Å²) in [4.78, 5) is 13.0. The SMILES string of the molecule is NCC#Cc1ccsc1CNC(=O)c1cc(Cl)sc1Cl. The van der Waals surface area contributed by atoms with E-state index in [1.165, 1.54) is 22.7 Å². The van der Waals surface area contributed by atoms with E-state index in [0.717, 1.165) is 10.4 Å². The minimum atomic E-state index is -0.246. The van der Waals surface area contributed by atoms with Gasteiger partial charge < -0.3 is 11.1 Å². The molecule has 0 fully saturated rings. The van der Waals surface area contributed by atoms with E-state index in [1.54, 1.807) is 6.07 Å². The minimum Gasteiger partial charge on any atom is -0.347 e. The minimum absolute atomic E-state index is 0.246. The lowest BCUT2D eigenvalue weighted by atomic mass is 10.2. The Morgan fingerprint density at radius 2 is 2.25 bits per heavy atom. The fraction of sp³-hybridized carbons (Fsp3) is 0.154. The molecular weight excluding hydrogens is 335 g/mol. The van der Waals surface area contributed by atoms with Gasteiger partial charge in [-0.15, -0.1) is 22.7 Å². The fourth-order valence-electron chi connectivity index (χ4n) is 1.49. The van der Waals surface area contributed by atoms with Gasteiger partial charge in [-0.2, -0.15) is 0 Å². The Morgan fingerprint density at radius 1 is 1.45 bits per heavy atom. The maximum Gasteiger partial charge on any atom is 0.254 e. The number of carbonyl (C=O) groups is 1. The fourth-order valence-corrected chi connectivity index (χ4v) is 3.71. The highest BCUT2D eigenvalue weighted by Crippen LogP contribution is 2.31. The van der Waals surface area contributed by atoms with E-state index >= 15 is 0 Å². The number of rotatable bonds is 3. The molecule has 0 saturated heterocycles. The molecule has 3 nitrogen and oxygen atoms in total. The van der Waals surface area contributed by atoms with Crippen LogP contribution in [0.3, 0.4) is 0 Å². The van der Waals surface area contributed by atoms with Gasteiger partial charge in [0.1, 0.15) is 4.34 Å². The average Bonchev–Trinajstić information content (AvgIpc) is 2.99. The Morgan fingerprint density at radius 3 is 2.90 bits per heavy atom. The molecule has 2 aromatic heterocycles. The predicted molar refractivity (Wildman–Crippen MR) is 85.8 cm³/mol. The molecule has 0 aromatic carbocycles. The van der Waals surface area contributed by atoms with Gasteiger partial charge >= 0.3 is 0 Å². The monoisotopic (exact) mass is 344 g/mol. The second-order valence-electron chi connectivity index (χ2n) is 3.68. The van der Waals surface area contributed by atoms with E-state index in [4.69, 9.17) is 28.9 Å². The first kappa shape index (κ1) is 15.4. The lowest BCUT2D eigenvalue weighted by Crippen LogP contribution is -2.22. The summed E-state index contributed by atoms with van der Waals surface area (Å²) in [6.45, 7) is 0.708. The third-order valence-corrected chi connectivity index (χ3v) is 4.79. The number of carbonyl (C=O) groups excluding carboxylic acids is 1. The largest absolute Gasteiger partial charge is 0.347 e. The van der Waals surface area contributed by atoms with Gasteiger partial charge in [0, 0.05) is 10.4 Å². The van der Waals surface area contributed by atoms with Gasteiger partial charge in [-0.25, -0.2) is 0 Å². The average molecular weight is 345 g/mol. The number of thiophene rings is 2. The topological polar surface area (TPSA) is 55.1 Å². The summed E-state index contributed by atoms with van der Waals surface area (Å²) in [7, 11) is 0. The van der Waals surface area contributed by atoms with Crippen LogP contribution in [-0.4, -0.2) is 12.5 Å². The van der Waals surface area contributed by atoms with Crippen LogP contribution in [0.1, 0.15) is 20.8 Å². The van der Waals surface area contributed by atoms with Crippen molar-refractivity contribution in [2.75, 3.05) is 6.54 Å². The van der Waals surface area contributed by atoms with Gasteiger partial charge in [-0.05, 0) is 17.5 Å². The first-order valence-electron chi connectivity index (χ1n) is 5.60. The van der Waals surface area contributed by atoms with Gasteiger partial charge in [-0.1, -0.05) is 35.0 Å². The van der Waals surface area contributed by atoms with Crippen molar-refractivity contribution in [2.24, 2.45) is 5.73 Å². The summed E-state index contributed by atoms with van der Waals surface area (Å²) in [6.07, 6.45) is 0. The summed E-state index contributed by atoms with van der Waals surface area (Å²) in [5.74, 6) is 5.52. The highest BCUT2D eigenvalue weighted by atomic mass is 35.5. The second-order valence-corrected chi connectivity index (χ2v) is 6.97. The van der Waals surface area contributed by atoms with Crippen LogP contribution in [0.15, 0.2) is 17.5 Å². The molecule has 0 unspecified atom stereocenters. The third-order valence-electron chi connectivity index (χ3n) is 2.38. The van der Waals surface area contributed by atoms with E-state index < -0.39 is 0 Å². The number of nitrogens with two attached hydrogens (primary N) is 1. The van der Waals surface area contributed by atoms with Gasteiger partial charge in [0.15, 0.2) is 0 Å². The van der Waals surface area contributed by atoms with E-state index in [1.807, 2.05) is 11.4 Å². The van der Waals surface area contributed by atoms with Crippen LogP contribution in [0.2, 0.25) is 8.67 Å². The second kappa shape index (κ2) is 7.11. The van der Waals surface area contributed by atoms with Crippen LogP contribution in [0.5, 0.6) is 0 Å². The Balaban J connectivity index is 2.04. The number of amides is 1. The molecule has 2 heterocycles. The zero-order chi connectivity index (χ0) is 14.5. The predicted octanol–water partition coefficient (Wildman–Crippen LogP) is 3.36. The molecule has 0 spiro atoms. The van der Waals surface area contributed by atoms with Crippen molar-refractivity contribution in [2.45, 2.75) is 6.54 Å². The van der Waals surface area contributed by atoms with Gasteiger partial charge in [0.2, 0.25) is 0 Å². The molecule has 0 aliphatic rings. The van der Waals surface area contributed by atoms with E-state index in [0.29, 0.717) is 27.3 Å². The molecule has 0 saturated carbocycles. The van der Waals surface area contributed by atoms with Gasteiger partial charge in [0.25, 0.3) is 5.91 Å². The maximum absolute atomic E-state index is 12.0. The summed E-state index contributed by atoms with van der Waals surface area (Å²) in [6, 6.07) is 3.47. The third kappa shape index (κ3) is 3.75. The van der Waals surface area contributed by atoms with Gasteiger partial charge in [-0.3, -0.25) is 4.79 Å². The van der Waals surface area contributed by atoms with Crippen molar-refractivity contribution in [3.63, 3.8) is 0 Å². The Labute approximate surface area is 134 Å². The van der Waals surface area contributed by atoms with Crippen molar-refractivity contribution >= 4 is 51.8 Å². The van der Waals surface area contributed by atoms with Crippen molar-refractivity contribution in [3.8, 4) is 11.8 Å². The normalized spacial score (nSPS) is 9.95. The highest BCUT2D eigenvalue weighted by molar-refractivity contribution is 7.20. The molecule has 20 heavy (non-hydrogen) atoms. The number of hydrogen-bond donors (Lipinski definition) is 2. The first-order chi connectivity index (χ1) is 9.61. The van der Waals surface area contributed by atoms with Gasteiger partial charge in [0.05, 0.1) is 23.0 Å². The Bertz CT molecular complexity index is 682. The number of halogens is 2. The summed E-state index contributed by atoms with van der Waals surface area (Å²) in [5.41, 5.74) is 6.63. The molecule has 7 heteroatoms. The quantitative estimate of drug-likeness (QED) is 0.838. The van der Waals surface area contributed by atoms with Crippen LogP contribution in [0.4, 0.5) is 0 Å². The number of hydrogen-bond acceptors (Lipinski definition) is 4. The van der Waals surface area contributed by atoms with Crippen LogP contribution < -0.4 is 11.1 Å². The molecule has 0 aliphatic heterocycles. The van der Waals surface area contributed by atoms with E-state index in [9.17, 15) is 4.79 Å². The molecule has 0 bridgehead atoms. The van der Waals surface area contributed by atoms with Crippen molar-refractivity contribution in [1.82, 2.24) is 5.32 Å². The summed E-state index contributed by atoms with van der Waals surface area (Å²) < 4.78 is 0.882. The molecule has 3 N–H and O–H groups in total. The lowest BCUT2D eigenvalue weighted by molar-refractivity contribution is 0.0952. The van der Waals surface area contributed by atoms with Crippen LogP contribution in [0.25, 0.3) is 0 Å². The van der Waals surface area contributed by atoms with Crippen LogP contribution in [0, 0.1) is 11.8 Å². The zero-order valence-electron chi connectivity index (χ0n) is 10.2. The van der Waals surface area contributed by atoms with Crippen LogP contribution in [-0.2, 0) is 6.54 Å². The van der Waals surface area contributed by atoms with Crippen molar-refractivity contribution in [1.29, 1.82) is 0 Å². The number of nitrogens with one attached hydrogen (secondary N) is 1. The van der Waals surface area contributed by atoms with E-state index in [2.05, 4.69) is 17.2 Å².